The van der Waals surface area contributed by atoms with E-state index in [4.69, 9.17) is 4.74 Å². The van der Waals surface area contributed by atoms with Crippen molar-refractivity contribution in [1.29, 1.82) is 0 Å². The molecule has 0 N–H and O–H groups in total. The van der Waals surface area contributed by atoms with Crippen LogP contribution < -0.4 is 4.74 Å². The van der Waals surface area contributed by atoms with E-state index in [-0.39, 0.29) is 0 Å². The van der Waals surface area contributed by atoms with Crippen LogP contribution in [0.2, 0.25) is 0 Å². The van der Waals surface area contributed by atoms with Crippen LogP contribution in [0.15, 0.2) is 66.7 Å². The topological polar surface area (TPSA) is 9.23 Å². The average Bonchev–Trinajstić information content (AvgIpc) is 2.64. The second kappa shape index (κ2) is 7.87. The van der Waals surface area contributed by atoms with Crippen LogP contribution in [0, 0.1) is 6.92 Å². The molecular formula is C23H21F3O. The minimum atomic E-state index is -4.35. The molecule has 0 radical (unpaired) electrons. The second-order valence-corrected chi connectivity index (χ2v) is 6.56. The van der Waals surface area contributed by atoms with Gasteiger partial charge in [0.2, 0.25) is 0 Å². The maximum atomic E-state index is 12.7. The average molecular weight is 370 g/mol. The smallest absolute Gasteiger partial charge is 0.416 e. The van der Waals surface area contributed by atoms with E-state index in [1.54, 1.807) is 0 Å². The van der Waals surface area contributed by atoms with Gasteiger partial charge in [0.1, 0.15) is 11.5 Å². The Kier molecular flexibility index (Phi) is 5.54. The van der Waals surface area contributed by atoms with Crippen molar-refractivity contribution in [3.05, 3.63) is 83.4 Å². The highest BCUT2D eigenvalue weighted by atomic mass is 19.4. The summed E-state index contributed by atoms with van der Waals surface area (Å²) in [5, 5.41) is 0. The predicted octanol–water partition coefficient (Wildman–Crippen LogP) is 7.43. The molecule has 3 aromatic carbocycles. The fourth-order valence-electron chi connectivity index (χ4n) is 2.89. The number of aryl methyl sites for hydroxylation is 2. The van der Waals surface area contributed by atoms with Crippen molar-refractivity contribution in [2.24, 2.45) is 0 Å². The van der Waals surface area contributed by atoms with E-state index in [1.165, 1.54) is 17.7 Å². The SMILES string of the molecule is CCCc1ccc(-c2ccc(C)cc2)cc1Oc1ccc(C(F)(F)F)cc1. The van der Waals surface area contributed by atoms with Gasteiger partial charge in [0, 0.05) is 0 Å². The highest BCUT2D eigenvalue weighted by molar-refractivity contribution is 5.66. The van der Waals surface area contributed by atoms with Gasteiger partial charge in [-0.05, 0) is 60.4 Å². The molecule has 4 heteroatoms. The van der Waals surface area contributed by atoms with Crippen molar-refractivity contribution in [2.75, 3.05) is 0 Å². The molecule has 0 aromatic heterocycles. The van der Waals surface area contributed by atoms with Crippen LogP contribution in [0.1, 0.15) is 30.0 Å². The third-order valence-electron chi connectivity index (χ3n) is 4.38. The number of alkyl halides is 3. The third kappa shape index (κ3) is 4.70. The highest BCUT2D eigenvalue weighted by Crippen LogP contribution is 2.34. The quantitative estimate of drug-likeness (QED) is 0.454. The third-order valence-corrected chi connectivity index (χ3v) is 4.38. The maximum absolute atomic E-state index is 12.7. The number of benzene rings is 3. The predicted molar refractivity (Wildman–Crippen MR) is 102 cm³/mol. The van der Waals surface area contributed by atoms with Crippen molar-refractivity contribution in [2.45, 2.75) is 32.9 Å². The number of ether oxygens (including phenoxy) is 1. The van der Waals surface area contributed by atoms with Crippen LogP contribution in [0.3, 0.4) is 0 Å². The Morgan fingerprint density at radius 1 is 0.815 bits per heavy atom. The minimum absolute atomic E-state index is 0.390. The molecule has 3 aromatic rings. The molecule has 0 saturated carbocycles. The molecule has 0 spiro atoms. The van der Waals surface area contributed by atoms with Gasteiger partial charge in [0.15, 0.2) is 0 Å². The van der Waals surface area contributed by atoms with E-state index in [9.17, 15) is 13.2 Å². The lowest BCUT2D eigenvalue weighted by molar-refractivity contribution is -0.137. The van der Waals surface area contributed by atoms with Crippen LogP contribution in [0.5, 0.6) is 11.5 Å². The zero-order chi connectivity index (χ0) is 19.4. The Morgan fingerprint density at radius 3 is 2.04 bits per heavy atom. The first-order valence-electron chi connectivity index (χ1n) is 8.92. The number of halogens is 3. The van der Waals surface area contributed by atoms with Crippen LogP contribution in [-0.2, 0) is 12.6 Å². The first-order valence-corrected chi connectivity index (χ1v) is 8.92. The lowest BCUT2D eigenvalue weighted by Crippen LogP contribution is -2.04. The van der Waals surface area contributed by atoms with E-state index >= 15 is 0 Å². The lowest BCUT2D eigenvalue weighted by Gasteiger charge is -2.14. The summed E-state index contributed by atoms with van der Waals surface area (Å²) in [6, 6.07) is 19.0. The summed E-state index contributed by atoms with van der Waals surface area (Å²) in [4.78, 5) is 0. The van der Waals surface area contributed by atoms with Gasteiger partial charge in [0.05, 0.1) is 5.56 Å². The molecule has 0 amide bonds. The van der Waals surface area contributed by atoms with E-state index in [2.05, 4.69) is 13.0 Å². The number of rotatable bonds is 5. The summed E-state index contributed by atoms with van der Waals surface area (Å²) in [7, 11) is 0. The van der Waals surface area contributed by atoms with Gasteiger partial charge in [-0.1, -0.05) is 55.3 Å². The van der Waals surface area contributed by atoms with E-state index in [0.717, 1.165) is 41.7 Å². The normalized spacial score (nSPS) is 11.4. The Morgan fingerprint density at radius 2 is 1.44 bits per heavy atom. The first kappa shape index (κ1) is 19.0. The van der Waals surface area contributed by atoms with Gasteiger partial charge in [-0.25, -0.2) is 0 Å². The molecule has 0 saturated heterocycles. The Hall–Kier alpha value is -2.75. The Labute approximate surface area is 157 Å². The monoisotopic (exact) mass is 370 g/mol. The van der Waals surface area contributed by atoms with Gasteiger partial charge < -0.3 is 4.74 Å². The fraction of sp³-hybridized carbons (Fsp3) is 0.217. The largest absolute Gasteiger partial charge is 0.457 e. The van der Waals surface area contributed by atoms with Gasteiger partial charge in [0.25, 0.3) is 0 Å². The molecule has 27 heavy (non-hydrogen) atoms. The molecule has 0 aliphatic heterocycles. The summed E-state index contributed by atoms with van der Waals surface area (Å²) in [6.07, 6.45) is -2.56. The van der Waals surface area contributed by atoms with Crippen LogP contribution in [-0.4, -0.2) is 0 Å². The molecule has 0 unspecified atom stereocenters. The molecular weight excluding hydrogens is 349 g/mol. The summed E-state index contributed by atoms with van der Waals surface area (Å²) in [6.45, 7) is 4.11. The van der Waals surface area contributed by atoms with Crippen LogP contribution >= 0.6 is 0 Å². The van der Waals surface area contributed by atoms with Gasteiger partial charge in [-0.2, -0.15) is 13.2 Å². The highest BCUT2D eigenvalue weighted by Gasteiger charge is 2.30. The van der Waals surface area contributed by atoms with Crippen molar-refractivity contribution < 1.29 is 17.9 Å². The Bertz CT molecular complexity index is 894. The van der Waals surface area contributed by atoms with Crippen molar-refractivity contribution >= 4 is 0 Å². The molecule has 0 heterocycles. The summed E-state index contributed by atoms with van der Waals surface area (Å²) in [5.74, 6) is 1.07. The van der Waals surface area contributed by atoms with Crippen molar-refractivity contribution in [3.8, 4) is 22.6 Å². The number of hydrogen-bond donors (Lipinski definition) is 0. The number of hydrogen-bond acceptors (Lipinski definition) is 1. The molecule has 0 bridgehead atoms. The standard InChI is InChI=1S/C23H21F3O/c1-3-4-18-9-10-19(17-7-5-16(2)6-8-17)15-22(18)27-21-13-11-20(12-14-21)23(24,25)26/h5-15H,3-4H2,1-2H3. The second-order valence-electron chi connectivity index (χ2n) is 6.56. The lowest BCUT2D eigenvalue weighted by atomic mass is 10.0. The van der Waals surface area contributed by atoms with Crippen LogP contribution in [0.4, 0.5) is 13.2 Å². The van der Waals surface area contributed by atoms with E-state index < -0.39 is 11.7 Å². The van der Waals surface area contributed by atoms with Crippen molar-refractivity contribution in [1.82, 2.24) is 0 Å². The van der Waals surface area contributed by atoms with Gasteiger partial charge in [-0.3, -0.25) is 0 Å². The molecule has 140 valence electrons. The molecule has 0 aliphatic carbocycles. The van der Waals surface area contributed by atoms with Crippen molar-refractivity contribution in [3.63, 3.8) is 0 Å². The molecule has 0 aliphatic rings. The summed E-state index contributed by atoms with van der Waals surface area (Å²) >= 11 is 0. The summed E-state index contributed by atoms with van der Waals surface area (Å²) < 4.78 is 44.2. The molecule has 0 atom stereocenters. The van der Waals surface area contributed by atoms with Crippen LogP contribution in [0.25, 0.3) is 11.1 Å². The minimum Gasteiger partial charge on any atom is -0.457 e. The maximum Gasteiger partial charge on any atom is 0.416 e. The zero-order valence-corrected chi connectivity index (χ0v) is 15.3. The zero-order valence-electron chi connectivity index (χ0n) is 15.3. The summed E-state index contributed by atoms with van der Waals surface area (Å²) in [5.41, 5.74) is 3.62. The first-order chi connectivity index (χ1) is 12.9. The van der Waals surface area contributed by atoms with Gasteiger partial charge >= 0.3 is 6.18 Å². The Balaban J connectivity index is 1.92. The molecule has 1 nitrogen and oxygen atoms in total. The van der Waals surface area contributed by atoms with Gasteiger partial charge in [-0.15, -0.1) is 0 Å². The van der Waals surface area contributed by atoms with E-state index in [1.807, 2.05) is 43.3 Å². The molecule has 0 fully saturated rings. The van der Waals surface area contributed by atoms with E-state index in [0.29, 0.717) is 11.5 Å². The molecule has 3 rings (SSSR count). The fourth-order valence-corrected chi connectivity index (χ4v) is 2.89.